The second-order valence-electron chi connectivity index (χ2n) is 9.40. The first kappa shape index (κ1) is 19.7. The van der Waals surface area contributed by atoms with Gasteiger partial charge in [0.25, 0.3) is 5.91 Å². The van der Waals surface area contributed by atoms with Crippen LogP contribution in [0.1, 0.15) is 48.1 Å². The summed E-state index contributed by atoms with van der Waals surface area (Å²) in [5.74, 6) is 0.285. The van der Waals surface area contributed by atoms with E-state index in [1.807, 2.05) is 49.0 Å². The van der Waals surface area contributed by atoms with Crippen molar-refractivity contribution in [3.63, 3.8) is 0 Å². The van der Waals surface area contributed by atoms with Crippen LogP contribution in [-0.2, 0) is 7.05 Å². The van der Waals surface area contributed by atoms with Crippen LogP contribution in [0, 0.1) is 12.3 Å². The molecule has 160 valence electrons. The molecule has 4 aromatic rings. The number of benzene rings is 1. The number of likely N-dealkylation sites (tertiary alicyclic amines) is 1. The van der Waals surface area contributed by atoms with Crippen molar-refractivity contribution in [1.82, 2.24) is 29.0 Å². The summed E-state index contributed by atoms with van der Waals surface area (Å²) in [6.07, 6.45) is 6.63. The molecule has 1 N–H and O–H groups in total. The molecule has 0 saturated carbocycles. The van der Waals surface area contributed by atoms with Gasteiger partial charge in [-0.1, -0.05) is 19.9 Å². The van der Waals surface area contributed by atoms with E-state index in [4.69, 9.17) is 4.98 Å². The molecule has 1 atom stereocenters. The van der Waals surface area contributed by atoms with Gasteiger partial charge in [0.05, 0.1) is 35.3 Å². The Bertz CT molecular complexity index is 1320. The maximum Gasteiger partial charge on any atom is 0.256 e. The van der Waals surface area contributed by atoms with Crippen molar-refractivity contribution in [2.45, 2.75) is 33.2 Å². The number of fused-ring (bicyclic) bond motifs is 2. The van der Waals surface area contributed by atoms with Crippen LogP contribution in [0.2, 0.25) is 0 Å². The van der Waals surface area contributed by atoms with Gasteiger partial charge in [-0.3, -0.25) is 14.4 Å². The average Bonchev–Trinajstić information content (AvgIpc) is 3.34. The number of carbonyl (C=O) groups excluding carboxylic acids is 1. The van der Waals surface area contributed by atoms with Gasteiger partial charge in [0.15, 0.2) is 5.65 Å². The van der Waals surface area contributed by atoms with Gasteiger partial charge in [-0.15, -0.1) is 0 Å². The normalized spacial score (nSPS) is 18.8. The zero-order valence-corrected chi connectivity index (χ0v) is 18.5. The highest BCUT2D eigenvalue weighted by Gasteiger charge is 2.37. The van der Waals surface area contributed by atoms with Gasteiger partial charge < -0.3 is 9.72 Å². The van der Waals surface area contributed by atoms with Crippen LogP contribution in [0.4, 0.5) is 5.82 Å². The van der Waals surface area contributed by atoms with Crippen molar-refractivity contribution in [2.75, 3.05) is 18.9 Å². The first-order valence-corrected chi connectivity index (χ1v) is 10.5. The van der Waals surface area contributed by atoms with E-state index in [1.165, 1.54) is 0 Å². The Morgan fingerprint density at radius 2 is 2.03 bits per heavy atom. The summed E-state index contributed by atoms with van der Waals surface area (Å²) in [4.78, 5) is 24.4. The number of nitrogens with zero attached hydrogens (tertiary/aromatic N) is 6. The summed E-state index contributed by atoms with van der Waals surface area (Å²) >= 11 is 0. The minimum Gasteiger partial charge on any atom is -0.305 e. The van der Waals surface area contributed by atoms with Gasteiger partial charge in [-0.2, -0.15) is 5.10 Å². The Hall–Kier alpha value is -3.26. The molecule has 1 amide bonds. The van der Waals surface area contributed by atoms with Crippen LogP contribution < -0.4 is 5.32 Å². The lowest BCUT2D eigenvalue weighted by Gasteiger charge is -2.16. The van der Waals surface area contributed by atoms with E-state index < -0.39 is 0 Å². The number of nitrogens with one attached hydrogen (secondary N) is 1. The SMILES string of the molecule is Cc1nn(C)c2cc(C(=O)Nc3cn4cc(C5CC(C)(C)CN5C)nc4cn3)ccc12. The van der Waals surface area contributed by atoms with Crippen molar-refractivity contribution in [2.24, 2.45) is 12.5 Å². The van der Waals surface area contributed by atoms with Crippen LogP contribution in [0.25, 0.3) is 16.6 Å². The van der Waals surface area contributed by atoms with E-state index in [-0.39, 0.29) is 11.3 Å². The molecule has 0 bridgehead atoms. The van der Waals surface area contributed by atoms with Crippen LogP contribution in [0.3, 0.4) is 0 Å². The lowest BCUT2D eigenvalue weighted by atomic mass is 9.90. The highest BCUT2D eigenvalue weighted by Crippen LogP contribution is 2.41. The number of rotatable bonds is 3. The number of anilines is 1. The van der Waals surface area contributed by atoms with Crippen LogP contribution in [0.5, 0.6) is 0 Å². The molecule has 4 heterocycles. The number of aromatic nitrogens is 5. The molecule has 0 radical (unpaired) electrons. The minimum absolute atomic E-state index is 0.204. The summed E-state index contributed by atoms with van der Waals surface area (Å²) in [6.45, 7) is 7.59. The summed E-state index contributed by atoms with van der Waals surface area (Å²) < 4.78 is 3.73. The Balaban J connectivity index is 1.39. The van der Waals surface area contributed by atoms with Gasteiger partial charge in [0.1, 0.15) is 5.82 Å². The van der Waals surface area contributed by atoms with E-state index in [1.54, 1.807) is 10.9 Å². The fourth-order valence-corrected chi connectivity index (χ4v) is 4.77. The molecule has 5 rings (SSSR count). The van der Waals surface area contributed by atoms with E-state index in [0.29, 0.717) is 17.4 Å². The quantitative estimate of drug-likeness (QED) is 0.551. The van der Waals surface area contributed by atoms with Crippen LogP contribution >= 0.6 is 0 Å². The van der Waals surface area contributed by atoms with E-state index in [9.17, 15) is 4.79 Å². The molecule has 8 heteroatoms. The second kappa shape index (κ2) is 6.88. The van der Waals surface area contributed by atoms with Gasteiger partial charge >= 0.3 is 0 Å². The lowest BCUT2D eigenvalue weighted by Crippen LogP contribution is -2.20. The fraction of sp³-hybridized carbons (Fsp3) is 0.391. The Labute approximate surface area is 180 Å². The highest BCUT2D eigenvalue weighted by molar-refractivity contribution is 6.05. The first-order chi connectivity index (χ1) is 14.7. The van der Waals surface area contributed by atoms with E-state index in [2.05, 4.69) is 41.2 Å². The molecule has 1 aliphatic heterocycles. The molecule has 1 aliphatic rings. The van der Waals surface area contributed by atoms with Gasteiger partial charge in [-0.05, 0) is 37.9 Å². The van der Waals surface area contributed by atoms with Crippen molar-refractivity contribution >= 4 is 28.3 Å². The summed E-state index contributed by atoms with van der Waals surface area (Å²) in [5.41, 5.74) is 4.53. The third kappa shape index (κ3) is 3.46. The first-order valence-electron chi connectivity index (χ1n) is 10.5. The van der Waals surface area contributed by atoms with Crippen LogP contribution in [0.15, 0.2) is 36.8 Å². The highest BCUT2D eigenvalue weighted by atomic mass is 16.1. The molecule has 1 saturated heterocycles. The summed E-state index contributed by atoms with van der Waals surface area (Å²) in [7, 11) is 4.03. The molecule has 0 aliphatic carbocycles. The van der Waals surface area contributed by atoms with E-state index >= 15 is 0 Å². The number of hydrogen-bond acceptors (Lipinski definition) is 5. The zero-order valence-electron chi connectivity index (χ0n) is 18.5. The third-order valence-electron chi connectivity index (χ3n) is 6.20. The number of amides is 1. The Kier molecular flexibility index (Phi) is 4.37. The number of carbonyl (C=O) groups is 1. The van der Waals surface area contributed by atoms with Crippen LogP contribution in [-0.4, -0.2) is 48.5 Å². The van der Waals surface area contributed by atoms with Gasteiger partial charge in [-0.25, -0.2) is 9.97 Å². The largest absolute Gasteiger partial charge is 0.305 e. The Morgan fingerprint density at radius 1 is 1.23 bits per heavy atom. The van der Waals surface area contributed by atoms with Gasteiger partial charge in [0.2, 0.25) is 0 Å². The molecule has 1 unspecified atom stereocenters. The maximum absolute atomic E-state index is 12.8. The maximum atomic E-state index is 12.8. The summed E-state index contributed by atoms with van der Waals surface area (Å²) in [6, 6.07) is 5.90. The molecule has 8 nitrogen and oxygen atoms in total. The van der Waals surface area contributed by atoms with Crippen molar-refractivity contribution in [1.29, 1.82) is 0 Å². The molecule has 3 aromatic heterocycles. The number of aryl methyl sites for hydroxylation is 2. The summed E-state index contributed by atoms with van der Waals surface area (Å²) in [5, 5.41) is 8.37. The molecular formula is C23H27N7O. The third-order valence-corrected chi connectivity index (χ3v) is 6.20. The standard InChI is InChI=1S/C23H27N7O/c1-14-16-7-6-15(8-18(16)29(5)27-14)22(31)26-20-12-30-11-17(25-21(30)10-24-20)19-9-23(2,3)13-28(19)4/h6-8,10-12,19H,9,13H2,1-5H3,(H,26,31). The number of imidazole rings is 1. The second-order valence-corrected chi connectivity index (χ2v) is 9.40. The zero-order chi connectivity index (χ0) is 21.9. The minimum atomic E-state index is -0.204. The van der Waals surface area contributed by atoms with E-state index in [0.717, 1.165) is 40.9 Å². The lowest BCUT2D eigenvalue weighted by molar-refractivity contribution is 0.102. The molecular weight excluding hydrogens is 390 g/mol. The topological polar surface area (TPSA) is 80.4 Å². The molecule has 31 heavy (non-hydrogen) atoms. The van der Waals surface area contributed by atoms with Gasteiger partial charge in [0, 0.05) is 30.7 Å². The monoisotopic (exact) mass is 417 g/mol. The predicted octanol–water partition coefficient (Wildman–Crippen LogP) is 3.58. The number of hydrogen-bond donors (Lipinski definition) is 1. The average molecular weight is 418 g/mol. The fourth-order valence-electron chi connectivity index (χ4n) is 4.77. The smallest absolute Gasteiger partial charge is 0.256 e. The molecule has 0 spiro atoms. The predicted molar refractivity (Wildman–Crippen MR) is 120 cm³/mol. The van der Waals surface area contributed by atoms with Crippen molar-refractivity contribution < 1.29 is 4.79 Å². The molecule has 1 fully saturated rings. The Morgan fingerprint density at radius 3 is 2.77 bits per heavy atom. The molecule has 1 aromatic carbocycles. The van der Waals surface area contributed by atoms with Crippen molar-refractivity contribution in [3.05, 3.63) is 53.7 Å². The van der Waals surface area contributed by atoms with Crippen molar-refractivity contribution in [3.8, 4) is 0 Å².